The average molecular weight is 457 g/mol. The molecule has 0 unspecified atom stereocenters. The Labute approximate surface area is 206 Å². The lowest BCUT2D eigenvalue weighted by atomic mass is 9.72. The Morgan fingerprint density at radius 3 is 2.00 bits per heavy atom. The fraction of sp³-hybridized carbons (Fsp3) is 0.625. The molecule has 3 rings (SSSR count). The zero-order valence-corrected chi connectivity index (χ0v) is 22.8. The van der Waals surface area contributed by atoms with Gasteiger partial charge in [0, 0.05) is 0 Å². The molecule has 0 bridgehead atoms. The van der Waals surface area contributed by atoms with E-state index in [1.807, 2.05) is 44.2 Å². The maximum atomic E-state index is 12.4. The van der Waals surface area contributed by atoms with Crippen molar-refractivity contribution in [3.8, 4) is 0 Å². The minimum Gasteiger partial charge on any atom is -0.246 e. The molecule has 2 saturated carbocycles. The Kier molecular flexibility index (Phi) is 17.8. The van der Waals surface area contributed by atoms with Gasteiger partial charge in [-0.15, -0.1) is 6.58 Å². The third kappa shape index (κ3) is 15.8. The Bertz CT molecular complexity index is 640. The summed E-state index contributed by atoms with van der Waals surface area (Å²) in [7, 11) is 0. The highest BCUT2D eigenvalue weighted by atomic mass is 19.1. The molecule has 1 heteroatoms. The maximum absolute atomic E-state index is 12.4. The highest BCUT2D eigenvalue weighted by molar-refractivity contribution is 5.41. The van der Waals surface area contributed by atoms with Crippen LogP contribution in [0.1, 0.15) is 106 Å². The van der Waals surface area contributed by atoms with Crippen LogP contribution in [0, 0.1) is 17.3 Å². The van der Waals surface area contributed by atoms with Gasteiger partial charge in [0.2, 0.25) is 0 Å². The second-order valence-electron chi connectivity index (χ2n) is 10.6. The van der Waals surface area contributed by atoms with Crippen LogP contribution in [0.2, 0.25) is 0 Å². The monoisotopic (exact) mass is 456 g/mol. The van der Waals surface area contributed by atoms with E-state index in [2.05, 4.69) is 40.9 Å². The lowest BCUT2D eigenvalue weighted by Crippen LogP contribution is -2.20. The molecule has 0 aliphatic heterocycles. The Hall–Kier alpha value is -1.63. The smallest absolute Gasteiger partial charge is 0.114 e. The van der Waals surface area contributed by atoms with Crippen LogP contribution < -0.4 is 0 Å². The SMILES string of the molecule is C=C/C=C\C=C1\C=CC(CF)=C(C)C1.C=CC.CC1CCCC1.CCC1CCC(C)(C)CC1. The molecule has 188 valence electrons. The van der Waals surface area contributed by atoms with Gasteiger partial charge in [-0.2, -0.15) is 0 Å². The summed E-state index contributed by atoms with van der Waals surface area (Å²) < 4.78 is 12.4. The summed E-state index contributed by atoms with van der Waals surface area (Å²) in [4.78, 5) is 0. The third-order valence-electron chi connectivity index (χ3n) is 6.90. The molecule has 0 heterocycles. The van der Waals surface area contributed by atoms with Crippen LogP contribution in [0.3, 0.4) is 0 Å². The Balaban J connectivity index is 0.000000467. The van der Waals surface area contributed by atoms with Crippen molar-refractivity contribution < 1.29 is 4.39 Å². The van der Waals surface area contributed by atoms with E-state index in [1.165, 1.54) is 63.4 Å². The van der Waals surface area contributed by atoms with Gasteiger partial charge in [-0.05, 0) is 74.3 Å². The summed E-state index contributed by atoms with van der Waals surface area (Å²) in [5.41, 5.74) is 3.80. The van der Waals surface area contributed by atoms with Crippen LogP contribution >= 0.6 is 0 Å². The molecule has 2 fully saturated rings. The van der Waals surface area contributed by atoms with Crippen LogP contribution in [0.15, 0.2) is 72.4 Å². The van der Waals surface area contributed by atoms with Crippen LogP contribution in [0.25, 0.3) is 0 Å². The summed E-state index contributed by atoms with van der Waals surface area (Å²) in [6.45, 7) is 19.9. The van der Waals surface area contributed by atoms with Crippen LogP contribution in [0.5, 0.6) is 0 Å². The molecule has 0 spiro atoms. The lowest BCUT2D eigenvalue weighted by Gasteiger charge is -2.33. The maximum Gasteiger partial charge on any atom is 0.114 e. The van der Waals surface area contributed by atoms with Gasteiger partial charge in [-0.1, -0.05) is 114 Å². The van der Waals surface area contributed by atoms with Crippen LogP contribution in [0.4, 0.5) is 4.39 Å². The molecule has 0 aromatic heterocycles. The number of hydrogen-bond donors (Lipinski definition) is 0. The van der Waals surface area contributed by atoms with Crippen molar-refractivity contribution in [3.05, 3.63) is 72.4 Å². The standard InChI is InChI=1S/C13H15F.C10H20.C6H12.C3H6/c1-3-4-5-6-12-7-8-13(10-14)11(2)9-12;1-4-9-5-7-10(2,3)8-6-9;1-6-4-2-3-5-6;1-3-2/h3-8H,1,9-10H2,2H3;9H,4-8H2,1-3H3;6H,2-5H2,1H3;3H,1H2,2H3/b5-4-,12-6-;;;. The van der Waals surface area contributed by atoms with Gasteiger partial charge in [-0.3, -0.25) is 0 Å². The molecule has 0 amide bonds. The number of halogens is 1. The zero-order valence-electron chi connectivity index (χ0n) is 22.8. The molecule has 0 aromatic rings. The topological polar surface area (TPSA) is 0 Å². The second kappa shape index (κ2) is 18.8. The minimum atomic E-state index is -0.363. The predicted molar refractivity (Wildman–Crippen MR) is 149 cm³/mol. The van der Waals surface area contributed by atoms with Gasteiger partial charge >= 0.3 is 0 Å². The molecule has 3 aliphatic rings. The Morgan fingerprint density at radius 1 is 1.03 bits per heavy atom. The first-order valence-electron chi connectivity index (χ1n) is 13.2. The van der Waals surface area contributed by atoms with Gasteiger partial charge < -0.3 is 0 Å². The van der Waals surface area contributed by atoms with Gasteiger partial charge in [0.05, 0.1) is 0 Å². The van der Waals surface area contributed by atoms with Crippen molar-refractivity contribution in [2.75, 3.05) is 6.67 Å². The molecule has 0 N–H and O–H groups in total. The normalized spacial score (nSPS) is 21.5. The van der Waals surface area contributed by atoms with Gasteiger partial charge in [-0.25, -0.2) is 4.39 Å². The van der Waals surface area contributed by atoms with E-state index in [0.29, 0.717) is 5.41 Å². The van der Waals surface area contributed by atoms with Gasteiger partial charge in [0.25, 0.3) is 0 Å². The highest BCUT2D eigenvalue weighted by Gasteiger charge is 2.25. The molecule has 0 saturated heterocycles. The van der Waals surface area contributed by atoms with E-state index in [0.717, 1.165) is 29.4 Å². The van der Waals surface area contributed by atoms with E-state index < -0.39 is 0 Å². The summed E-state index contributed by atoms with van der Waals surface area (Å²) in [6.07, 6.45) is 27.2. The summed E-state index contributed by atoms with van der Waals surface area (Å²) in [5, 5.41) is 0. The van der Waals surface area contributed by atoms with Crippen molar-refractivity contribution in [2.24, 2.45) is 17.3 Å². The summed E-state index contributed by atoms with van der Waals surface area (Å²) >= 11 is 0. The first kappa shape index (κ1) is 31.4. The van der Waals surface area contributed by atoms with Crippen molar-refractivity contribution in [1.82, 2.24) is 0 Å². The molecule has 33 heavy (non-hydrogen) atoms. The molecule has 0 radical (unpaired) electrons. The van der Waals surface area contributed by atoms with E-state index in [1.54, 1.807) is 12.2 Å². The second-order valence-corrected chi connectivity index (χ2v) is 10.6. The molecule has 0 nitrogen and oxygen atoms in total. The minimum absolute atomic E-state index is 0.363. The molecular formula is C32H53F. The summed E-state index contributed by atoms with van der Waals surface area (Å²) in [6, 6.07) is 0. The first-order chi connectivity index (χ1) is 15.7. The van der Waals surface area contributed by atoms with Crippen molar-refractivity contribution >= 4 is 0 Å². The fourth-order valence-corrected chi connectivity index (χ4v) is 4.36. The number of alkyl halides is 1. The predicted octanol–water partition coefficient (Wildman–Crippen LogP) is 10.9. The molecule has 3 aliphatic carbocycles. The zero-order chi connectivity index (χ0) is 25.1. The highest BCUT2D eigenvalue weighted by Crippen LogP contribution is 2.38. The number of hydrogen-bond acceptors (Lipinski definition) is 0. The summed E-state index contributed by atoms with van der Waals surface area (Å²) in [5.74, 6) is 2.10. The molecule has 0 aromatic carbocycles. The molecule has 0 atom stereocenters. The van der Waals surface area contributed by atoms with E-state index in [9.17, 15) is 4.39 Å². The van der Waals surface area contributed by atoms with E-state index in [-0.39, 0.29) is 6.67 Å². The largest absolute Gasteiger partial charge is 0.246 e. The van der Waals surface area contributed by atoms with Gasteiger partial charge in [0.1, 0.15) is 6.67 Å². The molecular weight excluding hydrogens is 403 g/mol. The van der Waals surface area contributed by atoms with Crippen LogP contribution in [-0.4, -0.2) is 6.67 Å². The number of rotatable bonds is 4. The Morgan fingerprint density at radius 2 is 1.61 bits per heavy atom. The quantitative estimate of drug-likeness (QED) is 0.291. The third-order valence-corrected chi connectivity index (χ3v) is 6.90. The van der Waals surface area contributed by atoms with E-state index in [4.69, 9.17) is 0 Å². The van der Waals surface area contributed by atoms with Crippen molar-refractivity contribution in [3.63, 3.8) is 0 Å². The van der Waals surface area contributed by atoms with Gasteiger partial charge in [0.15, 0.2) is 0 Å². The fourth-order valence-electron chi connectivity index (χ4n) is 4.36. The van der Waals surface area contributed by atoms with Crippen molar-refractivity contribution in [2.45, 2.75) is 106 Å². The van der Waals surface area contributed by atoms with E-state index >= 15 is 0 Å². The van der Waals surface area contributed by atoms with Crippen molar-refractivity contribution in [1.29, 1.82) is 0 Å². The lowest BCUT2D eigenvalue weighted by molar-refractivity contribution is 0.188. The number of allylic oxidation sites excluding steroid dienone is 10. The first-order valence-corrected chi connectivity index (χ1v) is 13.2. The van der Waals surface area contributed by atoms with Crippen LogP contribution in [-0.2, 0) is 0 Å². The average Bonchev–Trinajstić information content (AvgIpc) is 3.27.